The summed E-state index contributed by atoms with van der Waals surface area (Å²) >= 11 is 0. The molecule has 0 amide bonds. The third-order valence-corrected chi connectivity index (χ3v) is 7.99. The van der Waals surface area contributed by atoms with Gasteiger partial charge in [0.1, 0.15) is 11.5 Å². The van der Waals surface area contributed by atoms with E-state index in [9.17, 15) is 12.8 Å². The smallest absolute Gasteiger partial charge is 0.189 e. The Hall–Kier alpha value is -3.63. The maximum absolute atomic E-state index is 14.5. The van der Waals surface area contributed by atoms with Crippen molar-refractivity contribution in [2.45, 2.75) is 37.0 Å². The standard InChI is InChI=1S/C24H24FN5O3S/c1-3-14(2)34(31,32)17-7-5-16(6-8-17)21-13-28-24(27)23(29-21)22-11-20(30-33-22)18-9-4-15(12-26)10-19(18)25/h4-11,13-14H,3,12,26H2,1-2H3,(H2,27,28). The zero-order chi connectivity index (χ0) is 24.5. The molecule has 0 radical (unpaired) electrons. The Morgan fingerprint density at radius 2 is 1.82 bits per heavy atom. The highest BCUT2D eigenvalue weighted by atomic mass is 32.2. The fraction of sp³-hybridized carbons (Fsp3) is 0.208. The lowest BCUT2D eigenvalue weighted by Crippen LogP contribution is -2.16. The minimum atomic E-state index is -3.39. The molecular formula is C24H24FN5O3S. The van der Waals surface area contributed by atoms with Crippen molar-refractivity contribution in [3.05, 3.63) is 66.1 Å². The first-order valence-corrected chi connectivity index (χ1v) is 12.2. The predicted octanol–water partition coefficient (Wildman–Crippen LogP) is 4.22. The molecule has 4 N–H and O–H groups in total. The van der Waals surface area contributed by atoms with Crippen LogP contribution in [-0.2, 0) is 16.4 Å². The van der Waals surface area contributed by atoms with E-state index in [0.717, 1.165) is 0 Å². The third-order valence-electron chi connectivity index (χ3n) is 5.67. The molecule has 8 nitrogen and oxygen atoms in total. The minimum Gasteiger partial charge on any atom is -0.382 e. The molecule has 0 aliphatic carbocycles. The van der Waals surface area contributed by atoms with Crippen molar-refractivity contribution < 1.29 is 17.3 Å². The summed E-state index contributed by atoms with van der Waals surface area (Å²) in [6.45, 7) is 3.75. The lowest BCUT2D eigenvalue weighted by atomic mass is 10.1. The van der Waals surface area contributed by atoms with Gasteiger partial charge >= 0.3 is 0 Å². The number of anilines is 1. The number of nitrogen functional groups attached to an aromatic ring is 1. The van der Waals surface area contributed by atoms with Gasteiger partial charge in [0, 0.05) is 23.7 Å². The molecule has 2 heterocycles. The fourth-order valence-electron chi connectivity index (χ4n) is 3.39. The number of rotatable bonds is 7. The van der Waals surface area contributed by atoms with Crippen LogP contribution in [0.5, 0.6) is 0 Å². The average Bonchev–Trinajstić information content (AvgIpc) is 3.33. The van der Waals surface area contributed by atoms with E-state index in [0.29, 0.717) is 23.2 Å². The number of benzene rings is 2. The van der Waals surface area contributed by atoms with E-state index >= 15 is 0 Å². The van der Waals surface area contributed by atoms with Crippen LogP contribution in [0.3, 0.4) is 0 Å². The average molecular weight is 482 g/mol. The first-order chi connectivity index (χ1) is 16.2. The van der Waals surface area contributed by atoms with E-state index in [1.54, 1.807) is 43.3 Å². The van der Waals surface area contributed by atoms with E-state index in [1.807, 2.05) is 6.92 Å². The van der Waals surface area contributed by atoms with Crippen molar-refractivity contribution in [1.82, 2.24) is 15.1 Å². The summed E-state index contributed by atoms with van der Waals surface area (Å²) in [4.78, 5) is 8.97. The number of hydrogen-bond donors (Lipinski definition) is 2. The van der Waals surface area contributed by atoms with Gasteiger partial charge in [0.25, 0.3) is 0 Å². The molecule has 0 saturated heterocycles. The third kappa shape index (κ3) is 4.42. The van der Waals surface area contributed by atoms with Crippen molar-refractivity contribution in [2.24, 2.45) is 5.73 Å². The van der Waals surface area contributed by atoms with Gasteiger partial charge in [0.2, 0.25) is 0 Å². The fourth-order valence-corrected chi connectivity index (χ4v) is 4.81. The first kappa shape index (κ1) is 23.5. The molecule has 4 rings (SSSR count). The summed E-state index contributed by atoms with van der Waals surface area (Å²) in [6, 6.07) is 12.6. The number of hydrogen-bond acceptors (Lipinski definition) is 8. The van der Waals surface area contributed by atoms with Crippen LogP contribution in [0.25, 0.3) is 34.0 Å². The second kappa shape index (κ2) is 9.32. The summed E-state index contributed by atoms with van der Waals surface area (Å²) in [5.41, 5.74) is 14.1. The van der Waals surface area contributed by atoms with Crippen molar-refractivity contribution in [3.63, 3.8) is 0 Å². The van der Waals surface area contributed by atoms with Crippen LogP contribution in [0, 0.1) is 5.82 Å². The molecule has 176 valence electrons. The monoisotopic (exact) mass is 481 g/mol. The van der Waals surface area contributed by atoms with Crippen molar-refractivity contribution >= 4 is 15.7 Å². The first-order valence-electron chi connectivity index (χ1n) is 10.7. The van der Waals surface area contributed by atoms with Crippen molar-refractivity contribution in [1.29, 1.82) is 0 Å². The molecule has 0 aliphatic heterocycles. The Balaban J connectivity index is 1.66. The van der Waals surface area contributed by atoms with Crippen LogP contribution in [0.2, 0.25) is 0 Å². The van der Waals surface area contributed by atoms with Gasteiger partial charge in [-0.25, -0.2) is 22.8 Å². The van der Waals surface area contributed by atoms with E-state index < -0.39 is 20.9 Å². The SMILES string of the molecule is CCC(C)S(=O)(=O)c1ccc(-c2cnc(N)c(-c3cc(-c4ccc(CN)cc4F)no3)n2)cc1. The van der Waals surface area contributed by atoms with Crippen molar-refractivity contribution in [3.8, 4) is 34.0 Å². The van der Waals surface area contributed by atoms with E-state index in [2.05, 4.69) is 15.1 Å². The Kier molecular flexibility index (Phi) is 6.45. The normalized spacial score (nSPS) is 12.6. The van der Waals surface area contributed by atoms with E-state index in [1.165, 1.54) is 18.3 Å². The molecule has 0 bridgehead atoms. The molecule has 10 heteroatoms. The number of aromatic nitrogens is 3. The zero-order valence-electron chi connectivity index (χ0n) is 18.7. The molecule has 0 fully saturated rings. The highest BCUT2D eigenvalue weighted by Crippen LogP contribution is 2.31. The highest BCUT2D eigenvalue weighted by Gasteiger charge is 2.22. The molecule has 0 spiro atoms. The van der Waals surface area contributed by atoms with Gasteiger partial charge < -0.3 is 16.0 Å². The maximum atomic E-state index is 14.5. The van der Waals surface area contributed by atoms with Crippen LogP contribution < -0.4 is 11.5 Å². The van der Waals surface area contributed by atoms with Crippen LogP contribution in [0.1, 0.15) is 25.8 Å². The Morgan fingerprint density at radius 3 is 2.47 bits per heavy atom. The topological polar surface area (TPSA) is 138 Å². The molecule has 4 aromatic rings. The number of nitrogens with zero attached hydrogens (tertiary/aromatic N) is 3. The second-order valence-corrected chi connectivity index (χ2v) is 10.2. The second-order valence-electron chi connectivity index (χ2n) is 7.87. The quantitative estimate of drug-likeness (QED) is 0.400. The zero-order valence-corrected chi connectivity index (χ0v) is 19.5. The molecule has 34 heavy (non-hydrogen) atoms. The molecule has 1 atom stereocenters. The highest BCUT2D eigenvalue weighted by molar-refractivity contribution is 7.92. The van der Waals surface area contributed by atoms with Gasteiger partial charge in [0.15, 0.2) is 27.1 Å². The van der Waals surface area contributed by atoms with Gasteiger partial charge in [0.05, 0.1) is 22.0 Å². The summed E-state index contributed by atoms with van der Waals surface area (Å²) in [7, 11) is -3.39. The van der Waals surface area contributed by atoms with Crippen LogP contribution in [-0.4, -0.2) is 28.8 Å². The molecule has 2 aromatic heterocycles. The Labute approximate surface area is 196 Å². The maximum Gasteiger partial charge on any atom is 0.189 e. The van der Waals surface area contributed by atoms with Crippen LogP contribution in [0.15, 0.2) is 64.1 Å². The predicted molar refractivity (Wildman–Crippen MR) is 128 cm³/mol. The molecule has 2 aromatic carbocycles. The van der Waals surface area contributed by atoms with Gasteiger partial charge in [-0.2, -0.15) is 0 Å². The van der Waals surface area contributed by atoms with Crippen molar-refractivity contribution in [2.75, 3.05) is 5.73 Å². The largest absolute Gasteiger partial charge is 0.382 e. The molecule has 0 saturated carbocycles. The summed E-state index contributed by atoms with van der Waals surface area (Å²) in [5, 5.41) is 3.48. The van der Waals surface area contributed by atoms with Gasteiger partial charge in [-0.3, -0.25) is 0 Å². The lowest BCUT2D eigenvalue weighted by molar-refractivity contribution is 0.433. The lowest BCUT2D eigenvalue weighted by Gasteiger charge is -2.11. The molecular weight excluding hydrogens is 457 g/mol. The summed E-state index contributed by atoms with van der Waals surface area (Å²) < 4.78 is 45.0. The molecule has 1 unspecified atom stereocenters. The van der Waals surface area contributed by atoms with E-state index in [-0.39, 0.29) is 40.0 Å². The van der Waals surface area contributed by atoms with Gasteiger partial charge in [-0.1, -0.05) is 30.3 Å². The van der Waals surface area contributed by atoms with Gasteiger partial charge in [-0.15, -0.1) is 0 Å². The Morgan fingerprint density at radius 1 is 1.09 bits per heavy atom. The molecule has 0 aliphatic rings. The number of halogens is 1. The van der Waals surface area contributed by atoms with Gasteiger partial charge in [-0.05, 0) is 43.2 Å². The Bertz CT molecular complexity index is 1440. The minimum absolute atomic E-state index is 0.112. The van der Waals surface area contributed by atoms with Crippen LogP contribution in [0.4, 0.5) is 10.2 Å². The van der Waals surface area contributed by atoms with E-state index in [4.69, 9.17) is 16.0 Å². The summed E-state index contributed by atoms with van der Waals surface area (Å²) in [5.74, 6) is -0.135. The van der Waals surface area contributed by atoms with Crippen LogP contribution >= 0.6 is 0 Å². The number of sulfone groups is 1. The summed E-state index contributed by atoms with van der Waals surface area (Å²) in [6.07, 6.45) is 2.01. The number of nitrogens with two attached hydrogens (primary N) is 2.